The number of benzene rings is 1. The van der Waals surface area contributed by atoms with Crippen molar-refractivity contribution in [3.05, 3.63) is 65.5 Å². The van der Waals surface area contributed by atoms with E-state index < -0.39 is 11.3 Å². The van der Waals surface area contributed by atoms with Crippen molar-refractivity contribution in [2.24, 2.45) is 0 Å². The minimum Gasteiger partial charge on any atom is -0.481 e. The van der Waals surface area contributed by atoms with Gasteiger partial charge in [0.05, 0.1) is 23.4 Å². The minimum absolute atomic E-state index is 0.212. The van der Waals surface area contributed by atoms with E-state index in [-0.39, 0.29) is 12.3 Å². The fraction of sp³-hybridized carbons (Fsp3) is 0.176. The summed E-state index contributed by atoms with van der Waals surface area (Å²) in [6.07, 6.45) is 2.78. The van der Waals surface area contributed by atoms with Crippen LogP contribution in [0.1, 0.15) is 27.9 Å². The number of nitrogens with one attached hydrogen (secondary N) is 1. The summed E-state index contributed by atoms with van der Waals surface area (Å²) >= 11 is 1.28. The topological polar surface area (TPSA) is 103 Å². The Hall–Kier alpha value is -2.85. The molecular weight excluding hydrogens is 326 g/mol. The zero-order valence-electron chi connectivity index (χ0n) is 12.7. The Morgan fingerprint density at radius 1 is 1.25 bits per heavy atom. The van der Waals surface area contributed by atoms with Gasteiger partial charge < -0.3 is 10.4 Å². The highest BCUT2D eigenvalue weighted by molar-refractivity contribution is 7.99. The molecule has 1 atom stereocenters. The number of nitrogens with zero attached hydrogens (tertiary/aromatic N) is 2. The molecule has 1 unspecified atom stereocenters. The van der Waals surface area contributed by atoms with Gasteiger partial charge in [-0.15, -0.1) is 11.8 Å². The summed E-state index contributed by atoms with van der Waals surface area (Å²) in [4.78, 5) is 27.0. The number of amides is 1. The molecule has 0 radical (unpaired) electrons. The summed E-state index contributed by atoms with van der Waals surface area (Å²) in [5.41, 5.74) is 1.76. The second kappa shape index (κ2) is 8.70. The Balaban J connectivity index is 2.04. The molecule has 2 N–H and O–H groups in total. The molecule has 0 saturated carbocycles. The Morgan fingerprint density at radius 3 is 2.62 bits per heavy atom. The van der Waals surface area contributed by atoms with Gasteiger partial charge in [0, 0.05) is 23.7 Å². The number of hydrogen-bond donors (Lipinski definition) is 2. The van der Waals surface area contributed by atoms with Crippen LogP contribution in [0.15, 0.2) is 48.8 Å². The van der Waals surface area contributed by atoms with E-state index in [9.17, 15) is 9.59 Å². The molecule has 1 aromatic heterocycles. The van der Waals surface area contributed by atoms with Crippen LogP contribution in [0, 0.1) is 11.3 Å². The molecule has 2 rings (SSSR count). The third-order valence-corrected chi connectivity index (χ3v) is 4.34. The van der Waals surface area contributed by atoms with Gasteiger partial charge >= 0.3 is 5.97 Å². The van der Waals surface area contributed by atoms with Crippen LogP contribution in [-0.2, 0) is 10.5 Å². The van der Waals surface area contributed by atoms with E-state index in [1.165, 1.54) is 24.2 Å². The van der Waals surface area contributed by atoms with Crippen LogP contribution >= 0.6 is 11.8 Å². The first-order chi connectivity index (χ1) is 11.6. The third-order valence-electron chi connectivity index (χ3n) is 3.17. The van der Waals surface area contributed by atoms with E-state index in [1.54, 1.807) is 24.3 Å². The van der Waals surface area contributed by atoms with Crippen LogP contribution in [0.5, 0.6) is 0 Å². The van der Waals surface area contributed by atoms with E-state index in [2.05, 4.69) is 16.4 Å². The molecule has 7 heteroatoms. The molecule has 0 spiro atoms. The van der Waals surface area contributed by atoms with Gasteiger partial charge in [-0.3, -0.25) is 14.6 Å². The first-order valence-corrected chi connectivity index (χ1v) is 8.17. The third kappa shape index (κ3) is 5.11. The molecule has 0 aliphatic heterocycles. The second-order valence-corrected chi connectivity index (χ2v) is 6.07. The Labute approximate surface area is 143 Å². The number of rotatable bonds is 7. The average Bonchev–Trinajstić information content (AvgIpc) is 2.60. The van der Waals surface area contributed by atoms with Crippen LogP contribution in [-0.4, -0.2) is 27.3 Å². The van der Waals surface area contributed by atoms with Crippen molar-refractivity contribution in [2.45, 2.75) is 17.5 Å². The number of aromatic nitrogens is 1. The van der Waals surface area contributed by atoms with Crippen molar-refractivity contribution in [1.29, 1.82) is 5.26 Å². The quantitative estimate of drug-likeness (QED) is 0.750. The molecule has 122 valence electrons. The summed E-state index contributed by atoms with van der Waals surface area (Å²) in [6.45, 7) is 0. The van der Waals surface area contributed by atoms with Crippen LogP contribution in [0.2, 0.25) is 0 Å². The lowest BCUT2D eigenvalue weighted by atomic mass is 10.1. The zero-order chi connectivity index (χ0) is 17.4. The molecule has 1 heterocycles. The average molecular weight is 341 g/mol. The molecule has 0 bridgehead atoms. The lowest BCUT2D eigenvalue weighted by Gasteiger charge is -2.17. The zero-order valence-corrected chi connectivity index (χ0v) is 13.5. The van der Waals surface area contributed by atoms with Crippen molar-refractivity contribution in [3.8, 4) is 6.07 Å². The van der Waals surface area contributed by atoms with Crippen LogP contribution in [0.25, 0.3) is 0 Å². The molecule has 24 heavy (non-hydrogen) atoms. The molecule has 0 saturated heterocycles. The van der Waals surface area contributed by atoms with E-state index in [4.69, 9.17) is 10.4 Å². The summed E-state index contributed by atoms with van der Waals surface area (Å²) < 4.78 is 0. The molecular formula is C17H15N3O3S. The van der Waals surface area contributed by atoms with Gasteiger partial charge in [0.1, 0.15) is 0 Å². The van der Waals surface area contributed by atoms with Crippen LogP contribution < -0.4 is 5.32 Å². The molecule has 1 amide bonds. The van der Waals surface area contributed by atoms with Crippen LogP contribution in [0.3, 0.4) is 0 Å². The highest BCUT2D eigenvalue weighted by Gasteiger charge is 2.18. The van der Waals surface area contributed by atoms with Gasteiger partial charge in [-0.25, -0.2) is 0 Å². The summed E-state index contributed by atoms with van der Waals surface area (Å²) in [7, 11) is 0. The lowest BCUT2D eigenvalue weighted by molar-refractivity contribution is -0.137. The number of carbonyl (C=O) groups is 2. The number of aliphatic carboxylic acids is 1. The fourth-order valence-electron chi connectivity index (χ4n) is 1.99. The lowest BCUT2D eigenvalue weighted by Crippen LogP contribution is -2.34. The van der Waals surface area contributed by atoms with Crippen molar-refractivity contribution < 1.29 is 14.7 Å². The number of carbonyl (C=O) groups excluding carboxylic acids is 1. The van der Waals surface area contributed by atoms with Crippen molar-refractivity contribution >= 4 is 23.6 Å². The predicted molar refractivity (Wildman–Crippen MR) is 90.2 cm³/mol. The fourth-order valence-corrected chi connectivity index (χ4v) is 3.07. The van der Waals surface area contributed by atoms with Crippen molar-refractivity contribution in [2.75, 3.05) is 0 Å². The Bertz CT molecular complexity index is 759. The first-order valence-electron chi connectivity index (χ1n) is 7.12. The van der Waals surface area contributed by atoms with Gasteiger partial charge in [-0.05, 0) is 23.8 Å². The highest BCUT2D eigenvalue weighted by Crippen LogP contribution is 2.21. The number of hydrogen-bond acceptors (Lipinski definition) is 5. The highest BCUT2D eigenvalue weighted by atomic mass is 32.2. The van der Waals surface area contributed by atoms with Gasteiger partial charge in [0.25, 0.3) is 5.91 Å². The summed E-state index contributed by atoms with van der Waals surface area (Å²) in [5.74, 6) is -0.931. The van der Waals surface area contributed by atoms with Crippen molar-refractivity contribution in [1.82, 2.24) is 10.3 Å². The Kier molecular flexibility index (Phi) is 6.34. The standard InChI is InChI=1S/C17H15N3O3S/c18-10-13-3-1-2-4-14(13)11-24-15(9-16(21)22)20-17(23)12-5-7-19-8-6-12/h1-8,15H,9,11H2,(H,20,23)(H,21,22). The van der Waals surface area contributed by atoms with Gasteiger partial charge in [-0.2, -0.15) is 5.26 Å². The van der Waals surface area contributed by atoms with E-state index >= 15 is 0 Å². The molecule has 0 fully saturated rings. The monoisotopic (exact) mass is 341 g/mol. The number of nitriles is 1. The maximum Gasteiger partial charge on any atom is 0.306 e. The Morgan fingerprint density at radius 2 is 1.96 bits per heavy atom. The largest absolute Gasteiger partial charge is 0.481 e. The minimum atomic E-state index is -1.00. The number of pyridine rings is 1. The maximum atomic E-state index is 12.2. The molecule has 0 aliphatic carbocycles. The molecule has 0 aliphatic rings. The number of carboxylic acids is 1. The van der Waals surface area contributed by atoms with Gasteiger partial charge in [0.2, 0.25) is 0 Å². The smallest absolute Gasteiger partial charge is 0.306 e. The van der Waals surface area contributed by atoms with Crippen LogP contribution in [0.4, 0.5) is 0 Å². The molecule has 6 nitrogen and oxygen atoms in total. The molecule has 1 aromatic carbocycles. The normalized spacial score (nSPS) is 11.3. The number of thioether (sulfide) groups is 1. The molecule has 2 aromatic rings. The summed E-state index contributed by atoms with van der Waals surface area (Å²) in [5, 5.41) is 20.2. The predicted octanol–water partition coefficient (Wildman–Crippen LogP) is 2.42. The number of carboxylic acid groups (broad SMARTS) is 1. The van der Waals surface area contributed by atoms with E-state index in [0.717, 1.165) is 5.56 Å². The van der Waals surface area contributed by atoms with Gasteiger partial charge in [0.15, 0.2) is 0 Å². The SMILES string of the molecule is N#Cc1ccccc1CSC(CC(=O)O)NC(=O)c1ccncc1. The summed E-state index contributed by atoms with van der Waals surface area (Å²) in [6, 6.07) is 12.3. The second-order valence-electron chi connectivity index (χ2n) is 4.88. The maximum absolute atomic E-state index is 12.2. The van der Waals surface area contributed by atoms with E-state index in [1.807, 2.05) is 12.1 Å². The van der Waals surface area contributed by atoms with Crippen molar-refractivity contribution in [3.63, 3.8) is 0 Å². The first kappa shape index (κ1) is 17.5. The van der Waals surface area contributed by atoms with Gasteiger partial charge in [-0.1, -0.05) is 18.2 Å². The van der Waals surface area contributed by atoms with E-state index in [0.29, 0.717) is 16.9 Å².